The summed E-state index contributed by atoms with van der Waals surface area (Å²) in [5.41, 5.74) is 0.707. The molecule has 1 N–H and O–H groups in total. The minimum absolute atomic E-state index is 0.511. The standard InChI is InChI=1S/C12H17F2NO2S/c1-16-8-9-17-7-6-15-10-4-2-3-5-11(10)18-12(13)14/h2-5,12,15H,6-9H2,1H3. The number of methoxy groups -OCH3 is 1. The minimum Gasteiger partial charge on any atom is -0.382 e. The number of para-hydroxylation sites is 1. The average Bonchev–Trinajstić information content (AvgIpc) is 2.35. The number of ether oxygens (including phenoxy) is 2. The Hall–Kier alpha value is -0.850. The van der Waals surface area contributed by atoms with E-state index in [1.54, 1.807) is 25.3 Å². The van der Waals surface area contributed by atoms with Crippen molar-refractivity contribution in [2.75, 3.05) is 38.8 Å². The Balaban J connectivity index is 2.32. The maximum Gasteiger partial charge on any atom is 0.288 e. The lowest BCUT2D eigenvalue weighted by atomic mass is 10.3. The highest BCUT2D eigenvalue weighted by Gasteiger charge is 2.08. The number of hydrogen-bond acceptors (Lipinski definition) is 4. The van der Waals surface area contributed by atoms with Gasteiger partial charge in [0.2, 0.25) is 0 Å². The molecule has 1 aromatic rings. The predicted octanol–water partition coefficient (Wildman–Crippen LogP) is 3.08. The summed E-state index contributed by atoms with van der Waals surface area (Å²) in [6.07, 6.45) is 0. The van der Waals surface area contributed by atoms with Crippen molar-refractivity contribution in [3.63, 3.8) is 0 Å². The van der Waals surface area contributed by atoms with Crippen LogP contribution in [-0.2, 0) is 9.47 Å². The fourth-order valence-electron chi connectivity index (χ4n) is 1.31. The molecule has 0 spiro atoms. The molecule has 0 saturated heterocycles. The molecule has 0 heterocycles. The molecule has 0 amide bonds. The van der Waals surface area contributed by atoms with Crippen LogP contribution in [-0.4, -0.2) is 39.2 Å². The van der Waals surface area contributed by atoms with Gasteiger partial charge in [-0.05, 0) is 12.1 Å². The van der Waals surface area contributed by atoms with Crippen LogP contribution < -0.4 is 5.32 Å². The molecule has 1 rings (SSSR count). The van der Waals surface area contributed by atoms with Gasteiger partial charge in [0, 0.05) is 24.2 Å². The van der Waals surface area contributed by atoms with E-state index in [1.807, 2.05) is 6.07 Å². The van der Waals surface area contributed by atoms with Crippen molar-refractivity contribution in [3.05, 3.63) is 24.3 Å². The zero-order chi connectivity index (χ0) is 13.2. The molecule has 6 heteroatoms. The third-order valence-corrected chi connectivity index (χ3v) is 2.88. The van der Waals surface area contributed by atoms with Gasteiger partial charge in [0.05, 0.1) is 19.8 Å². The molecule has 0 aliphatic rings. The molecule has 0 bridgehead atoms. The van der Waals surface area contributed by atoms with Gasteiger partial charge >= 0.3 is 0 Å². The van der Waals surface area contributed by atoms with Crippen molar-refractivity contribution in [3.8, 4) is 0 Å². The lowest BCUT2D eigenvalue weighted by Crippen LogP contribution is -2.12. The number of thioether (sulfide) groups is 1. The van der Waals surface area contributed by atoms with Crippen LogP contribution in [0.25, 0.3) is 0 Å². The molecule has 0 fully saturated rings. The quantitative estimate of drug-likeness (QED) is 0.555. The van der Waals surface area contributed by atoms with Gasteiger partial charge in [0.1, 0.15) is 0 Å². The molecule has 3 nitrogen and oxygen atoms in total. The summed E-state index contributed by atoms with van der Waals surface area (Å²) in [7, 11) is 1.61. The second-order valence-corrected chi connectivity index (χ2v) is 4.44. The van der Waals surface area contributed by atoms with E-state index in [9.17, 15) is 8.78 Å². The van der Waals surface area contributed by atoms with Crippen LogP contribution >= 0.6 is 11.8 Å². The van der Waals surface area contributed by atoms with Gasteiger partial charge in [-0.2, -0.15) is 8.78 Å². The van der Waals surface area contributed by atoms with Crippen LogP contribution in [0.4, 0.5) is 14.5 Å². The van der Waals surface area contributed by atoms with Gasteiger partial charge in [0.15, 0.2) is 0 Å². The van der Waals surface area contributed by atoms with E-state index in [-0.39, 0.29) is 0 Å². The lowest BCUT2D eigenvalue weighted by Gasteiger charge is -2.11. The molecule has 0 atom stereocenters. The van der Waals surface area contributed by atoms with Crippen LogP contribution in [0, 0.1) is 0 Å². The predicted molar refractivity (Wildman–Crippen MR) is 69.5 cm³/mol. The van der Waals surface area contributed by atoms with Crippen molar-refractivity contribution in [1.82, 2.24) is 0 Å². The van der Waals surface area contributed by atoms with E-state index in [0.717, 1.165) is 0 Å². The third-order valence-electron chi connectivity index (χ3n) is 2.10. The second kappa shape index (κ2) is 9.13. The van der Waals surface area contributed by atoms with Crippen molar-refractivity contribution < 1.29 is 18.3 Å². The Kier molecular flexibility index (Phi) is 7.71. The number of alkyl halides is 2. The minimum atomic E-state index is -2.41. The van der Waals surface area contributed by atoms with Crippen molar-refractivity contribution in [2.24, 2.45) is 0 Å². The van der Waals surface area contributed by atoms with Gasteiger partial charge in [-0.3, -0.25) is 0 Å². The summed E-state index contributed by atoms with van der Waals surface area (Å²) >= 11 is 0.540. The first-order valence-corrected chi connectivity index (χ1v) is 6.46. The highest BCUT2D eigenvalue weighted by Crippen LogP contribution is 2.31. The molecule has 0 unspecified atom stereocenters. The zero-order valence-corrected chi connectivity index (χ0v) is 11.0. The first-order valence-electron chi connectivity index (χ1n) is 5.58. The number of halogens is 2. The normalized spacial score (nSPS) is 10.9. The van der Waals surface area contributed by atoms with Gasteiger partial charge in [-0.1, -0.05) is 23.9 Å². The Morgan fingerprint density at radius 3 is 2.72 bits per heavy atom. The largest absolute Gasteiger partial charge is 0.382 e. The molecule has 1 aromatic carbocycles. The second-order valence-electron chi connectivity index (χ2n) is 3.41. The van der Waals surface area contributed by atoms with Crippen molar-refractivity contribution >= 4 is 17.4 Å². The Bertz CT molecular complexity index is 340. The molecule has 0 saturated carbocycles. The van der Waals surface area contributed by atoms with E-state index in [2.05, 4.69) is 5.32 Å². The van der Waals surface area contributed by atoms with E-state index in [0.29, 0.717) is 48.7 Å². The van der Waals surface area contributed by atoms with Gasteiger partial charge in [-0.15, -0.1) is 0 Å². The van der Waals surface area contributed by atoms with E-state index in [4.69, 9.17) is 9.47 Å². The molecular weight excluding hydrogens is 260 g/mol. The van der Waals surface area contributed by atoms with Crippen LogP contribution in [0.5, 0.6) is 0 Å². The topological polar surface area (TPSA) is 30.5 Å². The molecule has 18 heavy (non-hydrogen) atoms. The fourth-order valence-corrected chi connectivity index (χ4v) is 1.93. The van der Waals surface area contributed by atoms with Crippen molar-refractivity contribution in [2.45, 2.75) is 10.7 Å². The molecule has 102 valence electrons. The number of hydrogen-bond donors (Lipinski definition) is 1. The van der Waals surface area contributed by atoms with Gasteiger partial charge < -0.3 is 14.8 Å². The number of anilines is 1. The van der Waals surface area contributed by atoms with Crippen LogP contribution in [0.15, 0.2) is 29.2 Å². The number of benzene rings is 1. The first-order chi connectivity index (χ1) is 8.74. The highest BCUT2D eigenvalue weighted by molar-refractivity contribution is 7.99. The van der Waals surface area contributed by atoms with Crippen LogP contribution in [0.3, 0.4) is 0 Å². The summed E-state index contributed by atoms with van der Waals surface area (Å²) in [4.78, 5) is 0.546. The molecule has 0 aliphatic carbocycles. The van der Waals surface area contributed by atoms with Crippen molar-refractivity contribution in [1.29, 1.82) is 0 Å². The van der Waals surface area contributed by atoms with Crippen LogP contribution in [0.1, 0.15) is 0 Å². The highest BCUT2D eigenvalue weighted by atomic mass is 32.2. The summed E-state index contributed by atoms with van der Waals surface area (Å²) in [6, 6.07) is 7.00. The lowest BCUT2D eigenvalue weighted by molar-refractivity contribution is 0.0759. The average molecular weight is 277 g/mol. The molecule has 0 aliphatic heterocycles. The summed E-state index contributed by atoms with van der Waals surface area (Å²) in [5, 5.41) is 3.08. The third kappa shape index (κ3) is 6.18. The van der Waals surface area contributed by atoms with Gasteiger partial charge in [-0.25, -0.2) is 0 Å². The summed E-state index contributed by atoms with van der Waals surface area (Å²) in [6.45, 7) is 2.17. The Morgan fingerprint density at radius 2 is 2.00 bits per heavy atom. The molecule has 0 aromatic heterocycles. The smallest absolute Gasteiger partial charge is 0.288 e. The van der Waals surface area contributed by atoms with E-state index >= 15 is 0 Å². The van der Waals surface area contributed by atoms with E-state index in [1.165, 1.54) is 0 Å². The first kappa shape index (κ1) is 15.2. The van der Waals surface area contributed by atoms with E-state index < -0.39 is 5.76 Å². The Labute approximate surface area is 110 Å². The monoisotopic (exact) mass is 277 g/mol. The zero-order valence-electron chi connectivity index (χ0n) is 10.2. The summed E-state index contributed by atoms with van der Waals surface area (Å²) in [5.74, 6) is -2.41. The van der Waals surface area contributed by atoms with Gasteiger partial charge in [0.25, 0.3) is 5.76 Å². The Morgan fingerprint density at radius 1 is 1.22 bits per heavy atom. The molecule has 0 radical (unpaired) electrons. The molecular formula is C12H17F2NO2S. The maximum absolute atomic E-state index is 12.3. The summed E-state index contributed by atoms with van der Waals surface area (Å²) < 4.78 is 34.8. The number of nitrogens with one attached hydrogen (secondary N) is 1. The van der Waals surface area contributed by atoms with Crippen LogP contribution in [0.2, 0.25) is 0 Å². The SMILES string of the molecule is COCCOCCNc1ccccc1SC(F)F. The fraction of sp³-hybridized carbons (Fsp3) is 0.500. The number of rotatable bonds is 9. The maximum atomic E-state index is 12.3.